The van der Waals surface area contributed by atoms with Gasteiger partial charge in [0.25, 0.3) is 0 Å². The highest BCUT2D eigenvalue weighted by atomic mass is 35.5. The van der Waals surface area contributed by atoms with E-state index in [1.807, 2.05) is 25.6 Å². The fourth-order valence-corrected chi connectivity index (χ4v) is 4.29. The van der Waals surface area contributed by atoms with Gasteiger partial charge in [-0.05, 0) is 35.2 Å². The van der Waals surface area contributed by atoms with Crippen molar-refractivity contribution in [2.75, 3.05) is 6.26 Å². The van der Waals surface area contributed by atoms with E-state index in [1.165, 1.54) is 0 Å². The molecule has 2 heterocycles. The molecule has 1 fully saturated rings. The molecule has 25 heavy (non-hydrogen) atoms. The van der Waals surface area contributed by atoms with Crippen LogP contribution in [0.1, 0.15) is 32.8 Å². The lowest BCUT2D eigenvalue weighted by Gasteiger charge is -2.41. The minimum absolute atomic E-state index is 0.153. The second-order valence-electron chi connectivity index (χ2n) is 6.80. The first-order valence-electron chi connectivity index (χ1n) is 8.08. The molecule has 0 aliphatic heterocycles. The standard InChI is InChI=1S/C17H20ClN5OS/c1-9-13(6-14(9)25-4)24-16-11-7-20-15(18)5-10(11)12(8-21-16)17(2,3)22-23-19/h5,7-9,13-14H,6H2,1-4H3/t9-,13+,14+/m1/s1. The van der Waals surface area contributed by atoms with Crippen molar-refractivity contribution in [3.05, 3.63) is 39.6 Å². The van der Waals surface area contributed by atoms with Gasteiger partial charge in [0.2, 0.25) is 5.88 Å². The van der Waals surface area contributed by atoms with Crippen LogP contribution in [0.15, 0.2) is 23.6 Å². The molecule has 3 rings (SSSR count). The monoisotopic (exact) mass is 377 g/mol. The maximum Gasteiger partial charge on any atom is 0.223 e. The van der Waals surface area contributed by atoms with E-state index in [4.69, 9.17) is 21.9 Å². The summed E-state index contributed by atoms with van der Waals surface area (Å²) in [5.74, 6) is 1.03. The number of thioether (sulfide) groups is 1. The summed E-state index contributed by atoms with van der Waals surface area (Å²) in [7, 11) is 0. The van der Waals surface area contributed by atoms with Crippen molar-refractivity contribution >= 4 is 34.1 Å². The SMILES string of the molecule is CS[C@H]1C[C@H](Oc2ncc(C(C)(C)N=[N+]=[N-])c3cc(Cl)ncc23)[C@H]1C. The fourth-order valence-electron chi connectivity index (χ4n) is 3.14. The molecule has 0 bridgehead atoms. The Balaban J connectivity index is 2.04. The molecule has 0 N–H and O–H groups in total. The third-order valence-corrected chi connectivity index (χ3v) is 6.29. The van der Waals surface area contributed by atoms with Crippen LogP contribution in [0.3, 0.4) is 0 Å². The summed E-state index contributed by atoms with van der Waals surface area (Å²) < 4.78 is 6.16. The zero-order valence-electron chi connectivity index (χ0n) is 14.6. The topological polar surface area (TPSA) is 83.8 Å². The zero-order valence-corrected chi connectivity index (χ0v) is 16.2. The molecule has 0 amide bonds. The molecule has 1 aliphatic carbocycles. The van der Waals surface area contributed by atoms with Gasteiger partial charge in [-0.1, -0.05) is 37.5 Å². The molecular weight excluding hydrogens is 358 g/mol. The number of pyridine rings is 2. The van der Waals surface area contributed by atoms with Gasteiger partial charge >= 0.3 is 0 Å². The Morgan fingerprint density at radius 2 is 2.12 bits per heavy atom. The van der Waals surface area contributed by atoms with Gasteiger partial charge < -0.3 is 4.74 Å². The van der Waals surface area contributed by atoms with Crippen molar-refractivity contribution in [3.8, 4) is 5.88 Å². The summed E-state index contributed by atoms with van der Waals surface area (Å²) in [6, 6.07) is 1.77. The van der Waals surface area contributed by atoms with Crippen molar-refractivity contribution in [2.24, 2.45) is 11.0 Å². The molecule has 1 saturated carbocycles. The van der Waals surface area contributed by atoms with Crippen LogP contribution in [0.4, 0.5) is 0 Å². The third-order valence-electron chi connectivity index (χ3n) is 4.86. The van der Waals surface area contributed by atoms with E-state index >= 15 is 0 Å². The van der Waals surface area contributed by atoms with E-state index < -0.39 is 5.54 Å². The maximum atomic E-state index is 8.85. The van der Waals surface area contributed by atoms with Crippen molar-refractivity contribution in [1.29, 1.82) is 0 Å². The summed E-state index contributed by atoms with van der Waals surface area (Å²) in [4.78, 5) is 11.6. The third kappa shape index (κ3) is 3.36. The lowest BCUT2D eigenvalue weighted by molar-refractivity contribution is 0.0622. The average molecular weight is 378 g/mol. The van der Waals surface area contributed by atoms with Gasteiger partial charge in [0.05, 0.1) is 10.9 Å². The molecule has 0 radical (unpaired) electrons. The van der Waals surface area contributed by atoms with Gasteiger partial charge in [-0.15, -0.1) is 0 Å². The molecular formula is C17H20ClN5OS. The highest BCUT2D eigenvalue weighted by Crippen LogP contribution is 2.41. The normalized spacial score (nSPS) is 23.0. The maximum absolute atomic E-state index is 8.85. The van der Waals surface area contributed by atoms with Gasteiger partial charge in [-0.3, -0.25) is 0 Å². The Hall–Kier alpha value is -1.69. The lowest BCUT2D eigenvalue weighted by atomic mass is 9.83. The summed E-state index contributed by atoms with van der Waals surface area (Å²) >= 11 is 7.97. The molecule has 0 saturated heterocycles. The quantitative estimate of drug-likeness (QED) is 0.304. The number of nitrogens with zero attached hydrogens (tertiary/aromatic N) is 5. The Morgan fingerprint density at radius 3 is 2.76 bits per heavy atom. The predicted octanol–water partition coefficient (Wildman–Crippen LogP) is 5.35. The van der Waals surface area contributed by atoms with E-state index in [0.717, 1.165) is 22.8 Å². The molecule has 0 spiro atoms. The van der Waals surface area contributed by atoms with E-state index in [0.29, 0.717) is 22.2 Å². The Labute approximate surface area is 156 Å². The Bertz CT molecular complexity index is 852. The second kappa shape index (κ2) is 6.90. The van der Waals surface area contributed by atoms with Crippen LogP contribution in [0, 0.1) is 5.92 Å². The summed E-state index contributed by atoms with van der Waals surface area (Å²) in [6.45, 7) is 5.88. The zero-order chi connectivity index (χ0) is 18.2. The number of fused-ring (bicyclic) bond motifs is 1. The Morgan fingerprint density at radius 1 is 1.36 bits per heavy atom. The number of rotatable bonds is 5. The van der Waals surface area contributed by atoms with E-state index in [-0.39, 0.29) is 6.10 Å². The van der Waals surface area contributed by atoms with Gasteiger partial charge in [-0.25, -0.2) is 9.97 Å². The first-order chi connectivity index (χ1) is 11.9. The summed E-state index contributed by atoms with van der Waals surface area (Å²) in [5, 5.41) is 6.52. The molecule has 0 unspecified atom stereocenters. The average Bonchev–Trinajstić information content (AvgIpc) is 2.57. The molecule has 2 aromatic heterocycles. The van der Waals surface area contributed by atoms with E-state index in [2.05, 4.69) is 33.2 Å². The number of ether oxygens (including phenoxy) is 1. The second-order valence-corrected chi connectivity index (χ2v) is 8.27. The lowest BCUT2D eigenvalue weighted by Crippen LogP contribution is -2.45. The van der Waals surface area contributed by atoms with Crippen LogP contribution in [-0.4, -0.2) is 27.6 Å². The summed E-state index contributed by atoms with van der Waals surface area (Å²) in [5.41, 5.74) is 8.89. The van der Waals surface area contributed by atoms with Crippen molar-refractivity contribution in [2.45, 2.75) is 44.1 Å². The van der Waals surface area contributed by atoms with Crippen LogP contribution >= 0.6 is 23.4 Å². The smallest absolute Gasteiger partial charge is 0.223 e. The first-order valence-corrected chi connectivity index (χ1v) is 9.74. The molecule has 2 aromatic rings. The highest BCUT2D eigenvalue weighted by Gasteiger charge is 2.39. The molecule has 0 aromatic carbocycles. The van der Waals surface area contributed by atoms with Crippen LogP contribution in [-0.2, 0) is 5.54 Å². The molecule has 6 nitrogen and oxygen atoms in total. The summed E-state index contributed by atoms with van der Waals surface area (Å²) in [6.07, 6.45) is 6.67. The minimum Gasteiger partial charge on any atom is -0.474 e. The predicted molar refractivity (Wildman–Crippen MR) is 102 cm³/mol. The fraction of sp³-hybridized carbons (Fsp3) is 0.529. The minimum atomic E-state index is -0.753. The highest BCUT2D eigenvalue weighted by molar-refractivity contribution is 7.99. The largest absolute Gasteiger partial charge is 0.474 e. The van der Waals surface area contributed by atoms with Crippen LogP contribution < -0.4 is 4.74 Å². The molecule has 132 valence electrons. The van der Waals surface area contributed by atoms with Crippen LogP contribution in [0.25, 0.3) is 21.2 Å². The van der Waals surface area contributed by atoms with Gasteiger partial charge in [-0.2, -0.15) is 11.8 Å². The van der Waals surface area contributed by atoms with Gasteiger partial charge in [0, 0.05) is 28.5 Å². The van der Waals surface area contributed by atoms with Crippen molar-refractivity contribution in [1.82, 2.24) is 9.97 Å². The van der Waals surface area contributed by atoms with E-state index in [9.17, 15) is 0 Å². The Kier molecular flexibility index (Phi) is 5.00. The van der Waals surface area contributed by atoms with Crippen molar-refractivity contribution < 1.29 is 4.74 Å². The van der Waals surface area contributed by atoms with E-state index in [1.54, 1.807) is 18.5 Å². The number of hydrogen-bond acceptors (Lipinski definition) is 5. The van der Waals surface area contributed by atoms with Crippen molar-refractivity contribution in [3.63, 3.8) is 0 Å². The first kappa shape index (κ1) is 18.1. The number of aromatic nitrogens is 2. The molecule has 1 aliphatic rings. The van der Waals surface area contributed by atoms with Crippen LogP contribution in [0.2, 0.25) is 5.15 Å². The van der Waals surface area contributed by atoms with Gasteiger partial charge in [0.15, 0.2) is 0 Å². The number of hydrogen-bond donors (Lipinski definition) is 0. The van der Waals surface area contributed by atoms with Crippen LogP contribution in [0.5, 0.6) is 5.88 Å². The molecule has 3 atom stereocenters. The number of azide groups is 1. The van der Waals surface area contributed by atoms with Gasteiger partial charge in [0.1, 0.15) is 11.3 Å². The number of halogens is 1. The molecule has 8 heteroatoms.